The quantitative estimate of drug-likeness (QED) is 0.233. The number of carbonyl (C=O) groups is 4. The monoisotopic (exact) mass is 486 g/mol. The largest absolute Gasteiger partial charge is 0.480 e. The fraction of sp³-hybridized carbons (Fsp3) is 0.458. The Bertz CT molecular complexity index is 980. The van der Waals surface area contributed by atoms with Crippen molar-refractivity contribution in [1.82, 2.24) is 25.9 Å². The Morgan fingerprint density at radius 3 is 2.17 bits per heavy atom. The minimum atomic E-state index is -1.22. The number of rotatable bonds is 13. The van der Waals surface area contributed by atoms with Crippen LogP contribution in [0.15, 0.2) is 42.9 Å². The minimum absolute atomic E-state index is 0.00215. The lowest BCUT2D eigenvalue weighted by atomic mass is 10.0. The first-order valence-corrected chi connectivity index (χ1v) is 11.5. The summed E-state index contributed by atoms with van der Waals surface area (Å²) in [5.74, 6) is -2.74. The molecule has 4 unspecified atom stereocenters. The van der Waals surface area contributed by atoms with Crippen LogP contribution in [0.2, 0.25) is 0 Å². The van der Waals surface area contributed by atoms with Gasteiger partial charge in [0.2, 0.25) is 17.7 Å². The molecule has 11 nitrogen and oxygen atoms in total. The molecule has 35 heavy (non-hydrogen) atoms. The molecule has 0 bridgehead atoms. The number of nitrogens with zero attached hydrogens (tertiary/aromatic N) is 1. The van der Waals surface area contributed by atoms with Crippen LogP contribution >= 0.6 is 0 Å². The van der Waals surface area contributed by atoms with Gasteiger partial charge in [0.05, 0.1) is 12.4 Å². The van der Waals surface area contributed by atoms with Crippen molar-refractivity contribution in [3.63, 3.8) is 0 Å². The maximum absolute atomic E-state index is 13.0. The zero-order chi connectivity index (χ0) is 26.0. The number of carboxylic acid groups (broad SMARTS) is 1. The van der Waals surface area contributed by atoms with Gasteiger partial charge in [0.25, 0.3) is 0 Å². The standard InChI is InChI=1S/C24H34N6O5/c1-14(2)9-18(25)22(32)29-19(10-16-7-5-4-6-8-16)23(33)28-15(3)21(31)30-20(24(34)35)11-17-12-26-13-27-17/h4-8,12-15,18-20H,9-11,25H2,1-3H3,(H,26,27)(H,28,33)(H,29,32)(H,30,31)(H,34,35). The maximum Gasteiger partial charge on any atom is 0.326 e. The van der Waals surface area contributed by atoms with E-state index in [0.717, 1.165) is 5.56 Å². The lowest BCUT2D eigenvalue weighted by molar-refractivity contribution is -0.142. The van der Waals surface area contributed by atoms with Gasteiger partial charge >= 0.3 is 5.97 Å². The van der Waals surface area contributed by atoms with Gasteiger partial charge < -0.3 is 31.8 Å². The van der Waals surface area contributed by atoms with Crippen molar-refractivity contribution in [3.05, 3.63) is 54.1 Å². The van der Waals surface area contributed by atoms with E-state index in [1.807, 2.05) is 44.2 Å². The van der Waals surface area contributed by atoms with Crippen LogP contribution in [0.5, 0.6) is 0 Å². The molecule has 0 fully saturated rings. The molecule has 0 saturated heterocycles. The first-order valence-electron chi connectivity index (χ1n) is 11.5. The second-order valence-corrected chi connectivity index (χ2v) is 8.90. The second-order valence-electron chi connectivity index (χ2n) is 8.90. The van der Waals surface area contributed by atoms with Crippen LogP contribution in [-0.4, -0.2) is 62.9 Å². The molecule has 0 aliphatic heterocycles. The zero-order valence-corrected chi connectivity index (χ0v) is 20.2. The Kier molecular flexibility index (Phi) is 10.4. The molecule has 2 rings (SSSR count). The molecule has 0 spiro atoms. The molecule has 11 heteroatoms. The van der Waals surface area contributed by atoms with Crippen LogP contribution in [0.3, 0.4) is 0 Å². The number of H-pyrrole nitrogens is 1. The van der Waals surface area contributed by atoms with Crippen molar-refractivity contribution in [2.75, 3.05) is 0 Å². The average molecular weight is 487 g/mol. The van der Waals surface area contributed by atoms with Crippen molar-refractivity contribution in [2.45, 2.75) is 64.2 Å². The van der Waals surface area contributed by atoms with E-state index < -0.39 is 47.9 Å². The minimum Gasteiger partial charge on any atom is -0.480 e. The van der Waals surface area contributed by atoms with Crippen molar-refractivity contribution in [1.29, 1.82) is 0 Å². The SMILES string of the molecule is CC(C)CC(N)C(=O)NC(Cc1ccccc1)C(=O)NC(C)C(=O)NC(Cc1cnc[nH]1)C(=O)O. The van der Waals surface area contributed by atoms with Crippen molar-refractivity contribution in [3.8, 4) is 0 Å². The van der Waals surface area contributed by atoms with Crippen LogP contribution in [0.1, 0.15) is 38.4 Å². The fourth-order valence-corrected chi connectivity index (χ4v) is 3.45. The van der Waals surface area contributed by atoms with Gasteiger partial charge in [-0.05, 0) is 24.8 Å². The summed E-state index contributed by atoms with van der Waals surface area (Å²) in [4.78, 5) is 56.5. The summed E-state index contributed by atoms with van der Waals surface area (Å²) in [6, 6.07) is 5.11. The number of imidazole rings is 1. The fourth-order valence-electron chi connectivity index (χ4n) is 3.45. The van der Waals surface area contributed by atoms with Gasteiger partial charge in [-0.15, -0.1) is 0 Å². The van der Waals surface area contributed by atoms with Crippen molar-refractivity contribution in [2.24, 2.45) is 11.7 Å². The summed E-state index contributed by atoms with van der Waals surface area (Å²) in [6.45, 7) is 5.32. The lowest BCUT2D eigenvalue weighted by Gasteiger charge is -2.24. The van der Waals surface area contributed by atoms with Crippen molar-refractivity contribution >= 4 is 23.7 Å². The summed E-state index contributed by atoms with van der Waals surface area (Å²) in [5.41, 5.74) is 7.33. The summed E-state index contributed by atoms with van der Waals surface area (Å²) in [5, 5.41) is 17.1. The number of carboxylic acids is 1. The summed E-state index contributed by atoms with van der Waals surface area (Å²) in [7, 11) is 0. The molecule has 0 aliphatic carbocycles. The summed E-state index contributed by atoms with van der Waals surface area (Å²) in [6.07, 6.45) is 3.53. The van der Waals surface area contributed by atoms with Gasteiger partial charge in [-0.25, -0.2) is 9.78 Å². The van der Waals surface area contributed by atoms with Gasteiger partial charge in [-0.3, -0.25) is 14.4 Å². The molecule has 190 valence electrons. The van der Waals surface area contributed by atoms with Crippen LogP contribution in [0, 0.1) is 5.92 Å². The predicted octanol–water partition coefficient (Wildman–Crippen LogP) is 0.127. The molecule has 0 aliphatic rings. The summed E-state index contributed by atoms with van der Waals surface area (Å²) >= 11 is 0. The van der Waals surface area contributed by atoms with E-state index in [4.69, 9.17) is 5.73 Å². The molecule has 1 aromatic heterocycles. The second kappa shape index (κ2) is 13.2. The topological polar surface area (TPSA) is 179 Å². The van der Waals surface area contributed by atoms with E-state index >= 15 is 0 Å². The molecular weight excluding hydrogens is 452 g/mol. The highest BCUT2D eigenvalue weighted by Crippen LogP contribution is 2.07. The molecule has 1 heterocycles. The summed E-state index contributed by atoms with van der Waals surface area (Å²) < 4.78 is 0. The number of amides is 3. The highest BCUT2D eigenvalue weighted by molar-refractivity contribution is 5.94. The van der Waals surface area contributed by atoms with Crippen LogP contribution in [0.25, 0.3) is 0 Å². The van der Waals surface area contributed by atoms with E-state index in [1.165, 1.54) is 19.4 Å². The van der Waals surface area contributed by atoms with Crippen LogP contribution < -0.4 is 21.7 Å². The number of aromatic amines is 1. The van der Waals surface area contributed by atoms with Gasteiger partial charge in [-0.2, -0.15) is 0 Å². The van der Waals surface area contributed by atoms with E-state index in [0.29, 0.717) is 12.1 Å². The molecule has 3 amide bonds. The van der Waals surface area contributed by atoms with Gasteiger partial charge in [-0.1, -0.05) is 44.2 Å². The average Bonchev–Trinajstić information content (AvgIpc) is 3.31. The molecule has 7 N–H and O–H groups in total. The predicted molar refractivity (Wildman–Crippen MR) is 129 cm³/mol. The Morgan fingerprint density at radius 1 is 0.943 bits per heavy atom. The van der Waals surface area contributed by atoms with E-state index in [-0.39, 0.29) is 18.8 Å². The lowest BCUT2D eigenvalue weighted by Crippen LogP contribution is -2.57. The van der Waals surface area contributed by atoms with Crippen LogP contribution in [0.4, 0.5) is 0 Å². The third kappa shape index (κ3) is 9.20. The van der Waals surface area contributed by atoms with Crippen molar-refractivity contribution < 1.29 is 24.3 Å². The molecule has 0 radical (unpaired) electrons. The third-order valence-electron chi connectivity index (χ3n) is 5.32. The highest BCUT2D eigenvalue weighted by Gasteiger charge is 2.29. The Labute approximate surface area is 204 Å². The normalized spacial score (nSPS) is 14.4. The highest BCUT2D eigenvalue weighted by atomic mass is 16.4. The van der Waals surface area contributed by atoms with Gasteiger partial charge in [0.1, 0.15) is 18.1 Å². The van der Waals surface area contributed by atoms with E-state index in [1.54, 1.807) is 0 Å². The molecule has 0 saturated carbocycles. The Balaban J connectivity index is 2.06. The Morgan fingerprint density at radius 2 is 1.60 bits per heavy atom. The Hall–Kier alpha value is -3.73. The number of nitrogens with two attached hydrogens (primary N) is 1. The molecular formula is C24H34N6O5. The number of aliphatic carboxylic acids is 1. The molecule has 1 aromatic carbocycles. The van der Waals surface area contributed by atoms with E-state index in [2.05, 4.69) is 25.9 Å². The number of hydrogen-bond donors (Lipinski definition) is 6. The molecule has 2 aromatic rings. The zero-order valence-electron chi connectivity index (χ0n) is 20.2. The maximum atomic E-state index is 13.0. The first kappa shape index (κ1) is 27.5. The van der Waals surface area contributed by atoms with Gasteiger partial charge in [0.15, 0.2) is 0 Å². The number of hydrogen-bond acceptors (Lipinski definition) is 6. The smallest absolute Gasteiger partial charge is 0.326 e. The first-order chi connectivity index (χ1) is 16.6. The molecule has 4 atom stereocenters. The van der Waals surface area contributed by atoms with Crippen LogP contribution in [-0.2, 0) is 32.0 Å². The number of benzene rings is 1. The van der Waals surface area contributed by atoms with E-state index in [9.17, 15) is 24.3 Å². The number of carbonyl (C=O) groups excluding carboxylic acids is 3. The number of nitrogens with one attached hydrogen (secondary N) is 4. The number of aromatic nitrogens is 2. The van der Waals surface area contributed by atoms with Gasteiger partial charge in [0, 0.05) is 24.7 Å². The third-order valence-corrected chi connectivity index (χ3v) is 5.32.